The molecule has 0 saturated heterocycles. The number of ether oxygens (including phenoxy) is 1. The van der Waals surface area contributed by atoms with E-state index in [1.54, 1.807) is 6.07 Å². The molecule has 148 valence electrons. The molecule has 0 aliphatic heterocycles. The van der Waals surface area contributed by atoms with Crippen molar-refractivity contribution in [2.75, 3.05) is 27.2 Å². The number of amides is 1. The molecule has 28 heavy (non-hydrogen) atoms. The standard InChI is InChI=1S/C21H26N4O3/c1-21(2,11-25(3)4)12-28-14-5-7-16-13(9-14)10-18(23-16)15-6-8-17(19(22)26)24-20(15)27/h5-10,23H,11-12H2,1-4H3,(H2,22,26)(H,24,27). The average Bonchev–Trinajstić information content (AvgIpc) is 3.01. The van der Waals surface area contributed by atoms with Gasteiger partial charge in [-0.3, -0.25) is 9.59 Å². The Morgan fingerprint density at radius 2 is 1.89 bits per heavy atom. The molecule has 0 aliphatic carbocycles. The highest BCUT2D eigenvalue weighted by Gasteiger charge is 2.20. The average molecular weight is 382 g/mol. The molecule has 3 aromatic rings. The number of hydrogen-bond donors (Lipinski definition) is 3. The van der Waals surface area contributed by atoms with Gasteiger partial charge in [0.15, 0.2) is 0 Å². The first kappa shape index (κ1) is 19.7. The Labute approximate surface area is 163 Å². The van der Waals surface area contributed by atoms with Gasteiger partial charge >= 0.3 is 0 Å². The molecule has 2 aromatic heterocycles. The Balaban J connectivity index is 1.83. The molecule has 0 aliphatic rings. The highest BCUT2D eigenvalue weighted by molar-refractivity contribution is 5.91. The molecule has 4 N–H and O–H groups in total. The molecular weight excluding hydrogens is 356 g/mol. The summed E-state index contributed by atoms with van der Waals surface area (Å²) in [6, 6.07) is 10.8. The first-order chi connectivity index (χ1) is 13.1. The van der Waals surface area contributed by atoms with Crippen LogP contribution >= 0.6 is 0 Å². The number of aromatic amines is 2. The van der Waals surface area contributed by atoms with E-state index in [0.29, 0.717) is 17.9 Å². The molecule has 0 radical (unpaired) electrons. The van der Waals surface area contributed by atoms with Gasteiger partial charge in [-0.2, -0.15) is 0 Å². The van der Waals surface area contributed by atoms with Crippen LogP contribution in [0.4, 0.5) is 0 Å². The van der Waals surface area contributed by atoms with Gasteiger partial charge in [0.25, 0.3) is 11.5 Å². The van der Waals surface area contributed by atoms with Crippen LogP contribution in [-0.4, -0.2) is 48.0 Å². The summed E-state index contributed by atoms with van der Waals surface area (Å²) in [6.07, 6.45) is 0. The van der Waals surface area contributed by atoms with Crippen molar-refractivity contribution in [2.45, 2.75) is 13.8 Å². The summed E-state index contributed by atoms with van der Waals surface area (Å²) in [5, 5.41) is 0.941. The van der Waals surface area contributed by atoms with Crippen molar-refractivity contribution in [3.05, 3.63) is 52.4 Å². The van der Waals surface area contributed by atoms with Gasteiger partial charge in [-0.1, -0.05) is 13.8 Å². The third kappa shape index (κ3) is 4.43. The number of primary amides is 1. The zero-order chi connectivity index (χ0) is 20.5. The summed E-state index contributed by atoms with van der Waals surface area (Å²) in [5.41, 5.74) is 6.94. The Morgan fingerprint density at radius 3 is 2.54 bits per heavy atom. The fourth-order valence-corrected chi connectivity index (χ4v) is 3.36. The number of nitrogens with zero attached hydrogens (tertiary/aromatic N) is 1. The maximum atomic E-state index is 12.3. The van der Waals surface area contributed by atoms with Gasteiger partial charge in [0, 0.05) is 22.9 Å². The van der Waals surface area contributed by atoms with Gasteiger partial charge < -0.3 is 25.3 Å². The van der Waals surface area contributed by atoms with E-state index in [4.69, 9.17) is 10.5 Å². The highest BCUT2D eigenvalue weighted by Crippen LogP contribution is 2.27. The minimum absolute atomic E-state index is 0.0250. The van der Waals surface area contributed by atoms with Gasteiger partial charge in [0.1, 0.15) is 11.4 Å². The summed E-state index contributed by atoms with van der Waals surface area (Å²) in [4.78, 5) is 31.4. The zero-order valence-corrected chi connectivity index (χ0v) is 16.6. The van der Waals surface area contributed by atoms with E-state index in [9.17, 15) is 9.59 Å². The number of nitrogens with one attached hydrogen (secondary N) is 2. The molecule has 2 heterocycles. The Kier molecular flexibility index (Phi) is 5.29. The molecule has 1 amide bonds. The molecule has 0 unspecified atom stereocenters. The van der Waals surface area contributed by atoms with Crippen molar-refractivity contribution in [3.63, 3.8) is 0 Å². The predicted molar refractivity (Wildman–Crippen MR) is 111 cm³/mol. The molecule has 0 spiro atoms. The van der Waals surface area contributed by atoms with Crippen molar-refractivity contribution in [2.24, 2.45) is 11.1 Å². The van der Waals surface area contributed by atoms with Crippen LogP contribution in [0.3, 0.4) is 0 Å². The van der Waals surface area contributed by atoms with E-state index in [1.807, 2.05) is 38.4 Å². The van der Waals surface area contributed by atoms with Crippen molar-refractivity contribution in [1.29, 1.82) is 0 Å². The van der Waals surface area contributed by atoms with E-state index < -0.39 is 5.91 Å². The number of carbonyl (C=O) groups is 1. The first-order valence-corrected chi connectivity index (χ1v) is 9.08. The van der Waals surface area contributed by atoms with Gasteiger partial charge in [-0.25, -0.2) is 0 Å². The molecule has 7 nitrogen and oxygen atoms in total. The van der Waals surface area contributed by atoms with E-state index in [1.165, 1.54) is 6.07 Å². The molecule has 1 aromatic carbocycles. The summed E-state index contributed by atoms with van der Waals surface area (Å²) in [5.74, 6) is 0.113. The number of aromatic nitrogens is 2. The second-order valence-electron chi connectivity index (χ2n) is 8.10. The van der Waals surface area contributed by atoms with Crippen molar-refractivity contribution >= 4 is 16.8 Å². The van der Waals surface area contributed by atoms with Gasteiger partial charge in [-0.05, 0) is 50.5 Å². The maximum absolute atomic E-state index is 12.3. The molecule has 0 atom stereocenters. The zero-order valence-electron chi connectivity index (χ0n) is 16.6. The Morgan fingerprint density at radius 1 is 1.14 bits per heavy atom. The lowest BCUT2D eigenvalue weighted by Crippen LogP contribution is -2.33. The lowest BCUT2D eigenvalue weighted by atomic mass is 9.94. The number of benzene rings is 1. The monoisotopic (exact) mass is 382 g/mol. The molecule has 0 saturated carbocycles. The van der Waals surface area contributed by atoms with Crippen molar-refractivity contribution in [1.82, 2.24) is 14.9 Å². The molecule has 0 fully saturated rings. The Hall–Kier alpha value is -3.06. The lowest BCUT2D eigenvalue weighted by molar-refractivity contribution is 0.0995. The topological polar surface area (TPSA) is 104 Å². The number of rotatable bonds is 7. The largest absolute Gasteiger partial charge is 0.493 e. The van der Waals surface area contributed by atoms with Crippen LogP contribution in [0, 0.1) is 5.41 Å². The minimum Gasteiger partial charge on any atom is -0.493 e. The SMILES string of the molecule is CN(C)CC(C)(C)COc1ccc2[nH]c(-c3ccc(C(N)=O)[nH]c3=O)cc2c1. The highest BCUT2D eigenvalue weighted by atomic mass is 16.5. The van der Waals surface area contributed by atoms with E-state index in [2.05, 4.69) is 28.7 Å². The molecule has 3 rings (SSSR count). The van der Waals surface area contributed by atoms with Gasteiger partial charge in [0.2, 0.25) is 0 Å². The quantitative estimate of drug-likeness (QED) is 0.584. The normalized spacial score (nSPS) is 11.9. The van der Waals surface area contributed by atoms with Crippen molar-refractivity contribution < 1.29 is 9.53 Å². The fourth-order valence-electron chi connectivity index (χ4n) is 3.36. The van der Waals surface area contributed by atoms with Crippen LogP contribution < -0.4 is 16.0 Å². The summed E-state index contributed by atoms with van der Waals surface area (Å²) in [6.45, 7) is 5.86. The van der Waals surface area contributed by atoms with E-state index in [0.717, 1.165) is 23.2 Å². The summed E-state index contributed by atoms with van der Waals surface area (Å²) >= 11 is 0. The van der Waals surface area contributed by atoms with E-state index >= 15 is 0 Å². The smallest absolute Gasteiger partial charge is 0.265 e. The third-order valence-corrected chi connectivity index (χ3v) is 4.43. The molecule has 0 bridgehead atoms. The fraction of sp³-hybridized carbons (Fsp3) is 0.333. The summed E-state index contributed by atoms with van der Waals surface area (Å²) < 4.78 is 6.00. The van der Waals surface area contributed by atoms with Crippen LogP contribution in [0.2, 0.25) is 0 Å². The number of nitrogens with two attached hydrogens (primary N) is 1. The van der Waals surface area contributed by atoms with Crippen LogP contribution in [0.1, 0.15) is 24.3 Å². The van der Waals surface area contributed by atoms with Gasteiger partial charge in [-0.15, -0.1) is 0 Å². The predicted octanol–water partition coefficient (Wildman–Crippen LogP) is 2.59. The van der Waals surface area contributed by atoms with Crippen LogP contribution in [-0.2, 0) is 0 Å². The first-order valence-electron chi connectivity index (χ1n) is 9.08. The maximum Gasteiger partial charge on any atom is 0.265 e. The second-order valence-corrected chi connectivity index (χ2v) is 8.10. The van der Waals surface area contributed by atoms with Crippen molar-refractivity contribution in [3.8, 4) is 17.0 Å². The van der Waals surface area contributed by atoms with E-state index in [-0.39, 0.29) is 16.7 Å². The summed E-state index contributed by atoms with van der Waals surface area (Å²) in [7, 11) is 4.10. The van der Waals surface area contributed by atoms with Crippen LogP contribution in [0.15, 0.2) is 41.2 Å². The minimum atomic E-state index is -0.667. The molecule has 7 heteroatoms. The lowest BCUT2D eigenvalue weighted by Gasteiger charge is -2.28. The number of carbonyl (C=O) groups excluding carboxylic acids is 1. The number of fused-ring (bicyclic) bond motifs is 1. The number of H-pyrrole nitrogens is 2. The van der Waals surface area contributed by atoms with Crippen LogP contribution in [0.25, 0.3) is 22.2 Å². The second kappa shape index (κ2) is 7.52. The van der Waals surface area contributed by atoms with Gasteiger partial charge in [0.05, 0.1) is 17.9 Å². The molecular formula is C21H26N4O3. The Bertz CT molecular complexity index is 1060. The third-order valence-electron chi connectivity index (χ3n) is 4.43. The number of pyridine rings is 1. The van der Waals surface area contributed by atoms with Crippen LogP contribution in [0.5, 0.6) is 5.75 Å². The number of hydrogen-bond acceptors (Lipinski definition) is 4.